The molecule has 2 aromatic rings. The lowest BCUT2D eigenvalue weighted by molar-refractivity contribution is -0.140. The first-order valence-corrected chi connectivity index (χ1v) is 12.0. The van der Waals surface area contributed by atoms with Crippen molar-refractivity contribution in [1.82, 2.24) is 14.7 Å². The first-order chi connectivity index (χ1) is 15.6. The topological polar surface area (TPSA) is 43.9 Å². The van der Waals surface area contributed by atoms with Gasteiger partial charge in [0.15, 0.2) is 0 Å². The molecule has 6 heteroatoms. The van der Waals surface area contributed by atoms with Crippen LogP contribution >= 0.6 is 11.6 Å². The van der Waals surface area contributed by atoms with Crippen LogP contribution in [0.5, 0.6) is 0 Å². The Morgan fingerprint density at radius 3 is 2.34 bits per heavy atom. The Hall–Kier alpha value is -2.37. The third-order valence-corrected chi connectivity index (χ3v) is 6.79. The molecule has 0 radical (unpaired) electrons. The highest BCUT2D eigenvalue weighted by Crippen LogP contribution is 2.21. The molecule has 170 valence electrons. The van der Waals surface area contributed by atoms with E-state index in [1.165, 1.54) is 5.56 Å². The van der Waals surface area contributed by atoms with E-state index < -0.39 is 0 Å². The quantitative estimate of drug-likeness (QED) is 0.690. The molecule has 2 aromatic carbocycles. The molecule has 2 aliphatic heterocycles. The maximum atomic E-state index is 13.3. The second-order valence-electron chi connectivity index (χ2n) is 8.92. The predicted octanol–water partition coefficient (Wildman–Crippen LogP) is 3.86. The summed E-state index contributed by atoms with van der Waals surface area (Å²) in [5, 5.41) is 0.755. The summed E-state index contributed by atoms with van der Waals surface area (Å²) in [6, 6.07) is 17.8. The Bertz CT molecular complexity index is 903. The molecule has 2 aliphatic rings. The van der Waals surface area contributed by atoms with Crippen LogP contribution in [-0.4, -0.2) is 65.8 Å². The SMILES string of the molecule is O=C(Cc1ccccc1)N1CCCC(C(=O)N2CCCN(Cc3ccc(Cl)cc3)CC2)C1. The minimum absolute atomic E-state index is 0.0775. The molecular formula is C26H32ClN3O2. The molecule has 32 heavy (non-hydrogen) atoms. The fourth-order valence-electron chi connectivity index (χ4n) is 4.74. The third kappa shape index (κ3) is 6.11. The van der Waals surface area contributed by atoms with Gasteiger partial charge in [0.25, 0.3) is 0 Å². The summed E-state index contributed by atoms with van der Waals surface area (Å²) in [5.41, 5.74) is 2.27. The zero-order valence-corrected chi connectivity index (χ0v) is 19.3. The summed E-state index contributed by atoms with van der Waals surface area (Å²) in [4.78, 5) is 32.4. The van der Waals surface area contributed by atoms with E-state index in [2.05, 4.69) is 17.0 Å². The number of nitrogens with zero attached hydrogens (tertiary/aromatic N) is 3. The van der Waals surface area contributed by atoms with Crippen molar-refractivity contribution >= 4 is 23.4 Å². The molecule has 4 rings (SSSR count). The van der Waals surface area contributed by atoms with Crippen molar-refractivity contribution in [1.29, 1.82) is 0 Å². The van der Waals surface area contributed by atoms with Crippen molar-refractivity contribution in [3.05, 3.63) is 70.7 Å². The summed E-state index contributed by atoms with van der Waals surface area (Å²) in [6.45, 7) is 5.59. The number of piperidine rings is 1. The minimum atomic E-state index is -0.0775. The van der Waals surface area contributed by atoms with Gasteiger partial charge in [0.2, 0.25) is 11.8 Å². The van der Waals surface area contributed by atoms with Gasteiger partial charge in [-0.2, -0.15) is 0 Å². The molecule has 0 spiro atoms. The highest BCUT2D eigenvalue weighted by atomic mass is 35.5. The van der Waals surface area contributed by atoms with Gasteiger partial charge in [-0.15, -0.1) is 0 Å². The smallest absolute Gasteiger partial charge is 0.227 e. The fourth-order valence-corrected chi connectivity index (χ4v) is 4.87. The van der Waals surface area contributed by atoms with Gasteiger partial charge in [-0.25, -0.2) is 0 Å². The number of amides is 2. The van der Waals surface area contributed by atoms with Crippen molar-refractivity contribution in [2.45, 2.75) is 32.2 Å². The van der Waals surface area contributed by atoms with E-state index in [9.17, 15) is 9.59 Å². The number of carbonyl (C=O) groups is 2. The van der Waals surface area contributed by atoms with Crippen LogP contribution in [0.3, 0.4) is 0 Å². The largest absolute Gasteiger partial charge is 0.342 e. The van der Waals surface area contributed by atoms with E-state index in [1.54, 1.807) is 0 Å². The lowest BCUT2D eigenvalue weighted by Crippen LogP contribution is -2.47. The number of hydrogen-bond acceptors (Lipinski definition) is 3. The second-order valence-corrected chi connectivity index (χ2v) is 9.36. The van der Waals surface area contributed by atoms with Gasteiger partial charge in [-0.3, -0.25) is 14.5 Å². The lowest BCUT2D eigenvalue weighted by Gasteiger charge is -2.35. The van der Waals surface area contributed by atoms with Crippen LogP contribution < -0.4 is 0 Å². The van der Waals surface area contributed by atoms with Gasteiger partial charge < -0.3 is 9.80 Å². The Labute approximate surface area is 195 Å². The second kappa shape index (κ2) is 11.0. The standard InChI is InChI=1S/C26H32ClN3O2/c27-24-11-9-22(10-12-24)19-28-13-5-15-29(17-16-28)26(32)23-8-4-14-30(20-23)25(31)18-21-6-2-1-3-7-21/h1-3,6-7,9-12,23H,4-5,8,13-20H2. The molecule has 2 saturated heterocycles. The van der Waals surface area contributed by atoms with Gasteiger partial charge in [-0.05, 0) is 42.5 Å². The molecule has 2 fully saturated rings. The summed E-state index contributed by atoms with van der Waals surface area (Å²) >= 11 is 6.00. The van der Waals surface area contributed by atoms with Crippen LogP contribution in [0.2, 0.25) is 5.02 Å². The minimum Gasteiger partial charge on any atom is -0.342 e. The average Bonchev–Trinajstić information content (AvgIpc) is 3.06. The maximum absolute atomic E-state index is 13.3. The van der Waals surface area contributed by atoms with Crippen LogP contribution in [0.1, 0.15) is 30.4 Å². The monoisotopic (exact) mass is 453 g/mol. The molecule has 0 bridgehead atoms. The number of hydrogen-bond donors (Lipinski definition) is 0. The predicted molar refractivity (Wildman–Crippen MR) is 127 cm³/mol. The van der Waals surface area contributed by atoms with E-state index in [0.717, 1.165) is 69.1 Å². The Balaban J connectivity index is 1.29. The molecule has 0 aliphatic carbocycles. The summed E-state index contributed by atoms with van der Waals surface area (Å²) in [7, 11) is 0. The molecule has 0 N–H and O–H groups in total. The fraction of sp³-hybridized carbons (Fsp3) is 0.462. The average molecular weight is 454 g/mol. The molecule has 2 heterocycles. The molecule has 1 atom stereocenters. The number of benzene rings is 2. The number of halogens is 1. The van der Waals surface area contributed by atoms with E-state index in [1.807, 2.05) is 52.3 Å². The third-order valence-electron chi connectivity index (χ3n) is 6.54. The first-order valence-electron chi connectivity index (χ1n) is 11.7. The molecular weight excluding hydrogens is 422 g/mol. The van der Waals surface area contributed by atoms with Crippen LogP contribution in [0, 0.1) is 5.92 Å². The van der Waals surface area contributed by atoms with Crippen molar-refractivity contribution in [3.63, 3.8) is 0 Å². The number of carbonyl (C=O) groups excluding carboxylic acids is 2. The molecule has 2 amide bonds. The van der Waals surface area contributed by atoms with Gasteiger partial charge in [0, 0.05) is 50.8 Å². The van der Waals surface area contributed by atoms with Crippen molar-refractivity contribution in [3.8, 4) is 0 Å². The van der Waals surface area contributed by atoms with E-state index in [4.69, 9.17) is 11.6 Å². The van der Waals surface area contributed by atoms with E-state index in [-0.39, 0.29) is 17.7 Å². The van der Waals surface area contributed by atoms with Crippen LogP contribution in [-0.2, 0) is 22.6 Å². The van der Waals surface area contributed by atoms with Crippen LogP contribution in [0.25, 0.3) is 0 Å². The maximum Gasteiger partial charge on any atom is 0.227 e. The highest BCUT2D eigenvalue weighted by Gasteiger charge is 2.32. The highest BCUT2D eigenvalue weighted by molar-refractivity contribution is 6.30. The summed E-state index contributed by atoms with van der Waals surface area (Å²) in [6.07, 6.45) is 3.15. The summed E-state index contributed by atoms with van der Waals surface area (Å²) < 4.78 is 0. The Kier molecular flexibility index (Phi) is 7.82. The van der Waals surface area contributed by atoms with Crippen LogP contribution in [0.4, 0.5) is 0 Å². The summed E-state index contributed by atoms with van der Waals surface area (Å²) in [5.74, 6) is 0.264. The molecule has 0 saturated carbocycles. The normalized spacial score (nSPS) is 20.1. The van der Waals surface area contributed by atoms with Gasteiger partial charge >= 0.3 is 0 Å². The molecule has 1 unspecified atom stereocenters. The number of likely N-dealkylation sites (tertiary alicyclic amines) is 1. The van der Waals surface area contributed by atoms with Gasteiger partial charge in [0.05, 0.1) is 12.3 Å². The van der Waals surface area contributed by atoms with E-state index >= 15 is 0 Å². The van der Waals surface area contributed by atoms with Crippen LogP contribution in [0.15, 0.2) is 54.6 Å². The van der Waals surface area contributed by atoms with Gasteiger partial charge in [-0.1, -0.05) is 54.1 Å². The van der Waals surface area contributed by atoms with E-state index in [0.29, 0.717) is 13.0 Å². The zero-order chi connectivity index (χ0) is 22.3. The van der Waals surface area contributed by atoms with Crippen molar-refractivity contribution < 1.29 is 9.59 Å². The molecule has 0 aromatic heterocycles. The Morgan fingerprint density at radius 2 is 1.56 bits per heavy atom. The van der Waals surface area contributed by atoms with Gasteiger partial charge in [0.1, 0.15) is 0 Å². The Morgan fingerprint density at radius 1 is 0.812 bits per heavy atom. The number of rotatable bonds is 5. The first kappa shape index (κ1) is 22.8. The lowest BCUT2D eigenvalue weighted by atomic mass is 9.95. The van der Waals surface area contributed by atoms with Crippen molar-refractivity contribution in [2.75, 3.05) is 39.3 Å². The molecule has 5 nitrogen and oxygen atoms in total. The van der Waals surface area contributed by atoms with Crippen molar-refractivity contribution in [2.24, 2.45) is 5.92 Å². The zero-order valence-electron chi connectivity index (χ0n) is 18.6.